The molecule has 2 aromatic rings. The normalized spacial score (nSPS) is 20.6. The summed E-state index contributed by atoms with van der Waals surface area (Å²) in [5.41, 5.74) is 4.32. The summed E-state index contributed by atoms with van der Waals surface area (Å²) in [6.45, 7) is 1.74. The Hall–Kier alpha value is -3.26. The van der Waals surface area contributed by atoms with Crippen LogP contribution in [0.2, 0.25) is 0 Å². The van der Waals surface area contributed by atoms with Crippen molar-refractivity contribution in [1.29, 1.82) is 0 Å². The Morgan fingerprint density at radius 3 is 2.78 bits per heavy atom. The van der Waals surface area contributed by atoms with Gasteiger partial charge in [-0.15, -0.1) is 12.6 Å². The molecule has 3 heterocycles. The van der Waals surface area contributed by atoms with Gasteiger partial charge < -0.3 is 14.5 Å². The standard InChI is InChI=1S/C29H32N4O3S/c1-31(22-10-11-24-20(18-22)14-17-36-24)15-13-25(34)32-16-12-23-26(29(32)37)28(35)33(21-8-3-2-4-9-21)27(30-23)19-6-5-7-19/h2-4,8-9,11,14,18-19,29,37H,5-7,10,12-13,15-17H2,1H3. The number of benzene rings is 1. The molecule has 1 atom stereocenters. The number of allylic oxidation sites excluding steroid dienone is 2. The summed E-state index contributed by atoms with van der Waals surface area (Å²) in [4.78, 5) is 36.1. The van der Waals surface area contributed by atoms with Crippen LogP contribution in [-0.4, -0.2) is 52.0 Å². The fourth-order valence-corrected chi connectivity index (χ4v) is 6.05. The number of para-hydroxylation sites is 1. The Balaban J connectivity index is 1.22. The summed E-state index contributed by atoms with van der Waals surface area (Å²) in [5, 5.41) is -0.605. The molecule has 0 N–H and O–H groups in total. The second-order valence-electron chi connectivity index (χ2n) is 10.2. The molecule has 1 saturated carbocycles. The lowest BCUT2D eigenvalue weighted by atomic mass is 9.84. The summed E-state index contributed by atoms with van der Waals surface area (Å²) in [5.74, 6) is 2.11. The van der Waals surface area contributed by atoms with Gasteiger partial charge >= 0.3 is 0 Å². The SMILES string of the molecule is CN(CCC(=O)N1CCc2nc(C3CCC3)n(-c3ccccc3)c(=O)c2C1S)C1=CC2=CCOC2=CC1. The molecule has 1 aromatic carbocycles. The predicted molar refractivity (Wildman–Crippen MR) is 146 cm³/mol. The highest BCUT2D eigenvalue weighted by Crippen LogP contribution is 2.38. The van der Waals surface area contributed by atoms with Gasteiger partial charge in [0.25, 0.3) is 5.56 Å². The lowest BCUT2D eigenvalue weighted by molar-refractivity contribution is -0.132. The average Bonchev–Trinajstić information content (AvgIpc) is 3.35. The maximum atomic E-state index is 13.9. The first-order valence-electron chi connectivity index (χ1n) is 13.1. The van der Waals surface area contributed by atoms with Crippen LogP contribution in [0.4, 0.5) is 0 Å². The van der Waals surface area contributed by atoms with E-state index in [0.717, 1.165) is 59.9 Å². The molecule has 2 aliphatic heterocycles. The fraction of sp³-hybridized carbons (Fsp3) is 0.414. The highest BCUT2D eigenvalue weighted by molar-refractivity contribution is 7.80. The van der Waals surface area contributed by atoms with Crippen LogP contribution in [0.5, 0.6) is 0 Å². The smallest absolute Gasteiger partial charge is 0.264 e. The number of ether oxygens (including phenoxy) is 1. The maximum absolute atomic E-state index is 13.9. The Morgan fingerprint density at radius 2 is 2.03 bits per heavy atom. The molecule has 4 aliphatic rings. The molecule has 1 aromatic heterocycles. The van der Waals surface area contributed by atoms with Gasteiger partial charge in [0.05, 0.1) is 16.9 Å². The van der Waals surface area contributed by atoms with E-state index in [0.29, 0.717) is 44.0 Å². The third kappa shape index (κ3) is 4.41. The third-order valence-corrected chi connectivity index (χ3v) is 8.50. The number of amides is 1. The van der Waals surface area contributed by atoms with E-state index in [-0.39, 0.29) is 11.5 Å². The minimum Gasteiger partial charge on any atom is -0.489 e. The largest absolute Gasteiger partial charge is 0.489 e. The van der Waals surface area contributed by atoms with Crippen LogP contribution in [0.3, 0.4) is 0 Å². The highest BCUT2D eigenvalue weighted by atomic mass is 32.1. The Labute approximate surface area is 222 Å². The topological polar surface area (TPSA) is 67.7 Å². The summed E-state index contributed by atoms with van der Waals surface area (Å²) in [6, 6.07) is 9.70. The lowest BCUT2D eigenvalue weighted by Gasteiger charge is -2.36. The molecule has 8 heteroatoms. The van der Waals surface area contributed by atoms with Gasteiger partial charge in [0.1, 0.15) is 23.6 Å². The van der Waals surface area contributed by atoms with Gasteiger partial charge in [-0.2, -0.15) is 0 Å². The van der Waals surface area contributed by atoms with E-state index in [1.165, 1.54) is 0 Å². The van der Waals surface area contributed by atoms with E-state index in [9.17, 15) is 9.59 Å². The van der Waals surface area contributed by atoms with Crippen molar-refractivity contribution in [1.82, 2.24) is 19.4 Å². The number of carbonyl (C=O) groups is 1. The minimum atomic E-state index is -0.605. The zero-order valence-corrected chi connectivity index (χ0v) is 22.0. The molecule has 0 saturated heterocycles. The van der Waals surface area contributed by atoms with Crippen LogP contribution < -0.4 is 5.56 Å². The second kappa shape index (κ2) is 9.89. The highest BCUT2D eigenvalue weighted by Gasteiger charge is 2.35. The van der Waals surface area contributed by atoms with E-state index < -0.39 is 5.37 Å². The van der Waals surface area contributed by atoms with E-state index >= 15 is 0 Å². The number of aromatic nitrogens is 2. The number of fused-ring (bicyclic) bond motifs is 2. The molecule has 37 heavy (non-hydrogen) atoms. The number of hydrogen-bond donors (Lipinski definition) is 1. The van der Waals surface area contributed by atoms with E-state index in [4.69, 9.17) is 22.3 Å². The summed E-state index contributed by atoms with van der Waals surface area (Å²) < 4.78 is 7.34. The number of rotatable bonds is 6. The fourth-order valence-electron chi connectivity index (χ4n) is 5.54. The average molecular weight is 517 g/mol. The number of nitrogens with zero attached hydrogens (tertiary/aromatic N) is 4. The van der Waals surface area contributed by atoms with Gasteiger partial charge in [-0.05, 0) is 43.2 Å². The van der Waals surface area contributed by atoms with E-state index in [1.807, 2.05) is 37.4 Å². The van der Waals surface area contributed by atoms with Crippen molar-refractivity contribution < 1.29 is 9.53 Å². The van der Waals surface area contributed by atoms with Crippen molar-refractivity contribution >= 4 is 18.5 Å². The number of hydrogen-bond acceptors (Lipinski definition) is 6. The number of thiol groups is 1. The van der Waals surface area contributed by atoms with Gasteiger partial charge in [0.2, 0.25) is 5.91 Å². The van der Waals surface area contributed by atoms with E-state index in [1.54, 1.807) is 9.47 Å². The maximum Gasteiger partial charge on any atom is 0.264 e. The summed E-state index contributed by atoms with van der Waals surface area (Å²) >= 11 is 4.81. The zero-order chi connectivity index (χ0) is 25.5. The summed E-state index contributed by atoms with van der Waals surface area (Å²) in [7, 11) is 2.02. The quantitative estimate of drug-likeness (QED) is 0.581. The number of carbonyl (C=O) groups excluding carboxylic acids is 1. The van der Waals surface area contributed by atoms with E-state index in [2.05, 4.69) is 23.1 Å². The van der Waals surface area contributed by atoms with Crippen LogP contribution in [0.15, 0.2) is 70.4 Å². The molecule has 0 radical (unpaired) electrons. The second-order valence-corrected chi connectivity index (χ2v) is 10.7. The Morgan fingerprint density at radius 1 is 1.22 bits per heavy atom. The first-order valence-corrected chi connectivity index (χ1v) is 13.7. The molecule has 0 bridgehead atoms. The monoisotopic (exact) mass is 516 g/mol. The molecular weight excluding hydrogens is 484 g/mol. The predicted octanol–water partition coefficient (Wildman–Crippen LogP) is 4.26. The molecule has 6 rings (SSSR count). The summed E-state index contributed by atoms with van der Waals surface area (Å²) in [6.07, 6.45) is 11.3. The Bertz CT molecular complexity index is 1370. The van der Waals surface area contributed by atoms with Gasteiger partial charge in [0, 0.05) is 56.6 Å². The third-order valence-electron chi connectivity index (χ3n) is 7.97. The molecule has 2 aliphatic carbocycles. The van der Waals surface area contributed by atoms with Gasteiger partial charge in [-0.1, -0.05) is 24.6 Å². The van der Waals surface area contributed by atoms with Crippen LogP contribution in [0.25, 0.3) is 5.69 Å². The molecule has 192 valence electrons. The van der Waals surface area contributed by atoms with Gasteiger partial charge in [-0.25, -0.2) is 4.98 Å². The first kappa shape index (κ1) is 24.1. The molecule has 1 fully saturated rings. The van der Waals surface area contributed by atoms with Crippen molar-refractivity contribution in [3.63, 3.8) is 0 Å². The van der Waals surface area contributed by atoms with Crippen LogP contribution in [0.1, 0.15) is 60.5 Å². The van der Waals surface area contributed by atoms with Crippen LogP contribution in [0, 0.1) is 0 Å². The lowest BCUT2D eigenvalue weighted by Crippen LogP contribution is -2.44. The van der Waals surface area contributed by atoms with Gasteiger partial charge in [0.15, 0.2) is 0 Å². The molecule has 1 unspecified atom stereocenters. The minimum absolute atomic E-state index is 0.00212. The van der Waals surface area contributed by atoms with Crippen LogP contribution in [-0.2, 0) is 16.0 Å². The van der Waals surface area contributed by atoms with Crippen molar-refractivity contribution in [3.8, 4) is 5.69 Å². The molecule has 1 amide bonds. The molecule has 0 spiro atoms. The molecular formula is C29H32N4O3S. The van der Waals surface area contributed by atoms with Crippen molar-refractivity contribution in [2.45, 2.75) is 49.8 Å². The van der Waals surface area contributed by atoms with Crippen LogP contribution >= 0.6 is 12.6 Å². The zero-order valence-electron chi connectivity index (χ0n) is 21.1. The van der Waals surface area contributed by atoms with Crippen molar-refractivity contribution in [2.24, 2.45) is 0 Å². The van der Waals surface area contributed by atoms with Gasteiger partial charge in [-0.3, -0.25) is 14.2 Å². The first-order chi connectivity index (χ1) is 18.0. The molecule has 7 nitrogen and oxygen atoms in total. The Kier molecular flexibility index (Phi) is 6.44. The van der Waals surface area contributed by atoms with Crippen molar-refractivity contribution in [2.75, 3.05) is 26.7 Å². The van der Waals surface area contributed by atoms with Crippen molar-refractivity contribution in [3.05, 3.63) is 93.0 Å².